The summed E-state index contributed by atoms with van der Waals surface area (Å²) in [6.45, 7) is 6.39. The quantitative estimate of drug-likeness (QED) is 0.446. The van der Waals surface area contributed by atoms with Crippen LogP contribution in [-0.4, -0.2) is 70.7 Å². The SMILES string of the molecule is CCCCOCCOCC(O)CNCCS(=O)(=O)CC. The average molecular weight is 311 g/mol. The lowest BCUT2D eigenvalue weighted by molar-refractivity contribution is 0.00409. The van der Waals surface area contributed by atoms with E-state index in [1.54, 1.807) is 6.92 Å². The molecule has 0 aromatic carbocycles. The first kappa shape index (κ1) is 19.8. The second kappa shape index (κ2) is 12.5. The van der Waals surface area contributed by atoms with Gasteiger partial charge in [-0.1, -0.05) is 20.3 Å². The topological polar surface area (TPSA) is 84.9 Å². The first-order valence-electron chi connectivity index (χ1n) is 7.26. The molecule has 0 amide bonds. The number of hydrogen-bond donors (Lipinski definition) is 2. The van der Waals surface area contributed by atoms with Crippen LogP contribution in [0.25, 0.3) is 0 Å². The lowest BCUT2D eigenvalue weighted by atomic mass is 10.4. The first-order chi connectivity index (χ1) is 9.52. The number of unbranched alkanes of at least 4 members (excludes halogenated alkanes) is 1. The van der Waals surface area contributed by atoms with Gasteiger partial charge in [-0.2, -0.15) is 0 Å². The molecule has 0 aliphatic heterocycles. The first-order valence-corrected chi connectivity index (χ1v) is 9.08. The van der Waals surface area contributed by atoms with Crippen LogP contribution in [0.3, 0.4) is 0 Å². The summed E-state index contributed by atoms with van der Waals surface area (Å²) in [4.78, 5) is 0. The second-order valence-electron chi connectivity index (χ2n) is 4.64. The molecule has 1 unspecified atom stereocenters. The molecule has 0 rings (SSSR count). The highest BCUT2D eigenvalue weighted by molar-refractivity contribution is 7.91. The molecule has 0 aromatic heterocycles. The van der Waals surface area contributed by atoms with E-state index in [2.05, 4.69) is 12.2 Å². The Balaban J connectivity index is 3.35. The molecule has 6 nitrogen and oxygen atoms in total. The van der Waals surface area contributed by atoms with Gasteiger partial charge in [0.2, 0.25) is 0 Å². The summed E-state index contributed by atoms with van der Waals surface area (Å²) in [5, 5.41) is 12.5. The molecule has 2 N–H and O–H groups in total. The zero-order valence-electron chi connectivity index (χ0n) is 12.6. The molecule has 7 heteroatoms. The van der Waals surface area contributed by atoms with E-state index in [4.69, 9.17) is 9.47 Å². The lowest BCUT2D eigenvalue weighted by Crippen LogP contribution is -2.33. The highest BCUT2D eigenvalue weighted by Gasteiger charge is 2.08. The third-order valence-corrected chi connectivity index (χ3v) is 4.44. The van der Waals surface area contributed by atoms with Crippen LogP contribution >= 0.6 is 0 Å². The van der Waals surface area contributed by atoms with Crippen LogP contribution < -0.4 is 5.32 Å². The monoisotopic (exact) mass is 311 g/mol. The molecule has 0 saturated heterocycles. The van der Waals surface area contributed by atoms with Crippen LogP contribution in [0.1, 0.15) is 26.7 Å². The Morgan fingerprint density at radius 1 is 1.15 bits per heavy atom. The molecular weight excluding hydrogens is 282 g/mol. The minimum Gasteiger partial charge on any atom is -0.389 e. The summed E-state index contributed by atoms with van der Waals surface area (Å²) in [5.74, 6) is 0.251. The maximum atomic E-state index is 11.2. The Morgan fingerprint density at radius 2 is 1.85 bits per heavy atom. The zero-order valence-corrected chi connectivity index (χ0v) is 13.5. The zero-order chi connectivity index (χ0) is 15.3. The maximum Gasteiger partial charge on any atom is 0.151 e. The van der Waals surface area contributed by atoms with Gasteiger partial charge in [-0.05, 0) is 6.42 Å². The second-order valence-corrected chi connectivity index (χ2v) is 7.11. The van der Waals surface area contributed by atoms with Gasteiger partial charge in [0.15, 0.2) is 9.84 Å². The van der Waals surface area contributed by atoms with Gasteiger partial charge in [0.25, 0.3) is 0 Å². The summed E-state index contributed by atoms with van der Waals surface area (Å²) >= 11 is 0. The summed E-state index contributed by atoms with van der Waals surface area (Å²) in [6, 6.07) is 0. The molecule has 0 saturated carbocycles. The molecule has 0 aliphatic carbocycles. The van der Waals surface area contributed by atoms with Crippen molar-refractivity contribution >= 4 is 9.84 Å². The molecule has 20 heavy (non-hydrogen) atoms. The molecule has 0 aliphatic rings. The molecule has 0 bridgehead atoms. The molecule has 122 valence electrons. The van der Waals surface area contributed by atoms with Gasteiger partial charge in [-0.3, -0.25) is 0 Å². The van der Waals surface area contributed by atoms with Crippen molar-refractivity contribution in [3.05, 3.63) is 0 Å². The summed E-state index contributed by atoms with van der Waals surface area (Å²) in [5.41, 5.74) is 0. The maximum absolute atomic E-state index is 11.2. The van der Waals surface area contributed by atoms with Gasteiger partial charge in [-0.25, -0.2) is 8.42 Å². The third kappa shape index (κ3) is 12.8. The number of aliphatic hydroxyl groups is 1. The van der Waals surface area contributed by atoms with E-state index in [9.17, 15) is 13.5 Å². The Labute approximate surface area is 122 Å². The van der Waals surface area contributed by atoms with Crippen molar-refractivity contribution in [2.45, 2.75) is 32.8 Å². The average Bonchev–Trinajstić information content (AvgIpc) is 2.43. The van der Waals surface area contributed by atoms with Gasteiger partial charge in [0.05, 0.1) is 31.7 Å². The van der Waals surface area contributed by atoms with Gasteiger partial charge in [-0.15, -0.1) is 0 Å². The standard InChI is InChI=1S/C13H29NO5S/c1-3-5-7-18-8-9-19-12-13(15)11-14-6-10-20(16,17)4-2/h13-15H,3-12H2,1-2H3. The summed E-state index contributed by atoms with van der Waals surface area (Å²) < 4.78 is 33.0. The van der Waals surface area contributed by atoms with Gasteiger partial charge in [0.1, 0.15) is 0 Å². The number of nitrogens with one attached hydrogen (secondary N) is 1. The highest BCUT2D eigenvalue weighted by atomic mass is 32.2. The minimum atomic E-state index is -2.94. The fourth-order valence-electron chi connectivity index (χ4n) is 1.39. The van der Waals surface area contributed by atoms with Crippen molar-refractivity contribution in [2.24, 2.45) is 0 Å². The van der Waals surface area contributed by atoms with Crippen LogP contribution in [0.4, 0.5) is 0 Å². The van der Waals surface area contributed by atoms with Gasteiger partial charge >= 0.3 is 0 Å². The fraction of sp³-hybridized carbons (Fsp3) is 1.00. The van der Waals surface area contributed by atoms with Crippen molar-refractivity contribution in [3.63, 3.8) is 0 Å². The van der Waals surface area contributed by atoms with Crippen molar-refractivity contribution in [1.29, 1.82) is 0 Å². The molecule has 0 fully saturated rings. The number of ether oxygens (including phenoxy) is 2. The van der Waals surface area contributed by atoms with E-state index in [1.807, 2.05) is 0 Å². The number of hydrogen-bond acceptors (Lipinski definition) is 6. The predicted octanol–water partition coefficient (Wildman–Crippen LogP) is 0.205. The minimum absolute atomic E-state index is 0.0995. The number of aliphatic hydroxyl groups excluding tert-OH is 1. The van der Waals surface area contributed by atoms with Gasteiger partial charge < -0.3 is 19.9 Å². The van der Waals surface area contributed by atoms with Crippen LogP contribution in [0.15, 0.2) is 0 Å². The lowest BCUT2D eigenvalue weighted by Gasteiger charge is -2.12. The van der Waals surface area contributed by atoms with Gasteiger partial charge in [0, 0.05) is 25.4 Å². The van der Waals surface area contributed by atoms with Crippen molar-refractivity contribution in [1.82, 2.24) is 5.32 Å². The van der Waals surface area contributed by atoms with Crippen LogP contribution in [-0.2, 0) is 19.3 Å². The Bertz CT molecular complexity index is 308. The van der Waals surface area contributed by atoms with Crippen LogP contribution in [0.2, 0.25) is 0 Å². The summed E-state index contributed by atoms with van der Waals surface area (Å²) in [7, 11) is -2.94. The molecule has 0 spiro atoms. The van der Waals surface area contributed by atoms with E-state index >= 15 is 0 Å². The third-order valence-electron chi connectivity index (χ3n) is 2.73. The van der Waals surface area contributed by atoms with E-state index in [-0.39, 0.29) is 18.1 Å². The van der Waals surface area contributed by atoms with Crippen molar-refractivity contribution < 1.29 is 23.0 Å². The van der Waals surface area contributed by atoms with E-state index in [0.29, 0.717) is 26.3 Å². The Kier molecular flexibility index (Phi) is 12.4. The molecule has 1 atom stereocenters. The molecule has 0 heterocycles. The smallest absolute Gasteiger partial charge is 0.151 e. The largest absolute Gasteiger partial charge is 0.389 e. The van der Waals surface area contributed by atoms with E-state index < -0.39 is 15.9 Å². The van der Waals surface area contributed by atoms with Crippen molar-refractivity contribution in [2.75, 3.05) is 51.0 Å². The van der Waals surface area contributed by atoms with Crippen LogP contribution in [0, 0.1) is 0 Å². The fourth-order valence-corrected chi connectivity index (χ4v) is 2.13. The summed E-state index contributed by atoms with van der Waals surface area (Å²) in [6.07, 6.45) is 1.53. The number of sulfone groups is 1. The molecular formula is C13H29NO5S. The van der Waals surface area contributed by atoms with Crippen LogP contribution in [0.5, 0.6) is 0 Å². The normalized spacial score (nSPS) is 13.6. The Morgan fingerprint density at radius 3 is 2.50 bits per heavy atom. The Hall–Kier alpha value is -0.210. The van der Waals surface area contributed by atoms with E-state index in [0.717, 1.165) is 19.4 Å². The molecule has 0 radical (unpaired) electrons. The van der Waals surface area contributed by atoms with Crippen molar-refractivity contribution in [3.8, 4) is 0 Å². The van der Waals surface area contributed by atoms with E-state index in [1.165, 1.54) is 0 Å². The number of rotatable bonds is 14. The molecule has 0 aromatic rings. The highest BCUT2D eigenvalue weighted by Crippen LogP contribution is 1.90. The predicted molar refractivity (Wildman–Crippen MR) is 79.8 cm³/mol.